The lowest BCUT2D eigenvalue weighted by Gasteiger charge is -2.01. The quantitative estimate of drug-likeness (QED) is 0.584. The fourth-order valence-electron chi connectivity index (χ4n) is 2.43. The zero-order valence-electron chi connectivity index (χ0n) is 13.5. The number of rotatable bonds is 5. The van der Waals surface area contributed by atoms with Crippen LogP contribution in [0.2, 0.25) is 0 Å². The minimum absolute atomic E-state index is 0.215. The van der Waals surface area contributed by atoms with Crippen molar-refractivity contribution in [1.82, 2.24) is 29.7 Å². The molecule has 26 heavy (non-hydrogen) atoms. The van der Waals surface area contributed by atoms with Crippen molar-refractivity contribution >= 4 is 22.9 Å². The first-order valence-electron chi connectivity index (χ1n) is 7.85. The number of halogens is 1. The molecule has 1 amide bonds. The number of nitrogens with zero attached hydrogens (tertiary/aromatic N) is 5. The summed E-state index contributed by atoms with van der Waals surface area (Å²) in [6, 6.07) is 6.80. The summed E-state index contributed by atoms with van der Waals surface area (Å²) in [6.07, 6.45) is 5.36. The SMILES string of the molecule is O=C(NCCc1csc(-c2ncccn2)n1)c1nc2ccccn2c1F. The third kappa shape index (κ3) is 3.16. The Balaban J connectivity index is 1.39. The second kappa shape index (κ2) is 6.96. The van der Waals surface area contributed by atoms with Crippen molar-refractivity contribution < 1.29 is 9.18 Å². The molecule has 4 aromatic heterocycles. The third-order valence-corrected chi connectivity index (χ3v) is 4.55. The highest BCUT2D eigenvalue weighted by atomic mass is 32.1. The minimum atomic E-state index is -0.671. The molecule has 0 spiro atoms. The average molecular weight is 368 g/mol. The number of amides is 1. The van der Waals surface area contributed by atoms with Crippen LogP contribution in [0.15, 0.2) is 48.2 Å². The summed E-state index contributed by atoms with van der Waals surface area (Å²) in [6.45, 7) is 0.324. The standard InChI is InChI=1S/C17H13FN6OS/c18-14-13(23-12-4-1-2-9-24(12)14)16(25)21-8-5-11-10-26-17(22-11)15-19-6-3-7-20-15/h1-4,6-7,9-10H,5,8H2,(H,21,25). The highest BCUT2D eigenvalue weighted by Crippen LogP contribution is 2.19. The third-order valence-electron chi connectivity index (χ3n) is 3.66. The molecule has 7 nitrogen and oxygen atoms in total. The fraction of sp³-hybridized carbons (Fsp3) is 0.118. The highest BCUT2D eigenvalue weighted by molar-refractivity contribution is 7.13. The Hall–Kier alpha value is -3.20. The number of nitrogens with one attached hydrogen (secondary N) is 1. The maximum absolute atomic E-state index is 14.2. The molecule has 0 bridgehead atoms. The Morgan fingerprint density at radius 1 is 1.19 bits per heavy atom. The smallest absolute Gasteiger partial charge is 0.274 e. The summed E-state index contributed by atoms with van der Waals surface area (Å²) < 4.78 is 15.5. The van der Waals surface area contributed by atoms with Crippen molar-refractivity contribution in [3.63, 3.8) is 0 Å². The van der Waals surface area contributed by atoms with E-state index in [-0.39, 0.29) is 5.69 Å². The molecule has 0 fully saturated rings. The minimum Gasteiger partial charge on any atom is -0.350 e. The van der Waals surface area contributed by atoms with Crippen LogP contribution in [0.25, 0.3) is 16.5 Å². The van der Waals surface area contributed by atoms with Gasteiger partial charge in [0.15, 0.2) is 16.5 Å². The largest absolute Gasteiger partial charge is 0.350 e. The van der Waals surface area contributed by atoms with E-state index in [9.17, 15) is 9.18 Å². The number of thiazole rings is 1. The molecule has 0 radical (unpaired) electrons. The molecule has 4 aromatic rings. The highest BCUT2D eigenvalue weighted by Gasteiger charge is 2.18. The van der Waals surface area contributed by atoms with Gasteiger partial charge in [-0.2, -0.15) is 4.39 Å². The number of aromatic nitrogens is 5. The van der Waals surface area contributed by atoms with Gasteiger partial charge in [0.2, 0.25) is 5.95 Å². The van der Waals surface area contributed by atoms with Gasteiger partial charge in [-0.15, -0.1) is 11.3 Å². The Kier molecular flexibility index (Phi) is 4.36. The maximum Gasteiger partial charge on any atom is 0.274 e. The number of carbonyl (C=O) groups is 1. The van der Waals surface area contributed by atoms with Crippen LogP contribution >= 0.6 is 11.3 Å². The Morgan fingerprint density at radius 3 is 2.85 bits per heavy atom. The van der Waals surface area contributed by atoms with E-state index in [1.54, 1.807) is 36.7 Å². The lowest BCUT2D eigenvalue weighted by molar-refractivity contribution is 0.0945. The van der Waals surface area contributed by atoms with Crippen molar-refractivity contribution in [2.24, 2.45) is 0 Å². The van der Waals surface area contributed by atoms with Crippen molar-refractivity contribution in [1.29, 1.82) is 0 Å². The second-order valence-electron chi connectivity index (χ2n) is 5.40. The molecule has 130 valence electrons. The van der Waals surface area contributed by atoms with Gasteiger partial charge in [0.05, 0.1) is 5.69 Å². The Bertz CT molecular complexity index is 1060. The van der Waals surface area contributed by atoms with E-state index in [4.69, 9.17) is 0 Å². The fourth-order valence-corrected chi connectivity index (χ4v) is 3.23. The molecular weight excluding hydrogens is 355 g/mol. The number of imidazole rings is 1. The first-order chi connectivity index (χ1) is 12.7. The van der Waals surface area contributed by atoms with E-state index in [0.717, 1.165) is 10.7 Å². The van der Waals surface area contributed by atoms with Gasteiger partial charge in [-0.3, -0.25) is 9.20 Å². The Labute approximate surface area is 151 Å². The number of hydrogen-bond donors (Lipinski definition) is 1. The van der Waals surface area contributed by atoms with E-state index >= 15 is 0 Å². The zero-order valence-corrected chi connectivity index (χ0v) is 14.3. The van der Waals surface area contributed by atoms with E-state index < -0.39 is 11.9 Å². The maximum atomic E-state index is 14.2. The van der Waals surface area contributed by atoms with Crippen LogP contribution in [0.1, 0.15) is 16.2 Å². The molecule has 0 aliphatic rings. The summed E-state index contributed by atoms with van der Waals surface area (Å²) in [5.41, 5.74) is 0.989. The summed E-state index contributed by atoms with van der Waals surface area (Å²) in [4.78, 5) is 29.0. The van der Waals surface area contributed by atoms with Crippen molar-refractivity contribution in [3.8, 4) is 10.8 Å². The molecule has 0 unspecified atom stereocenters. The van der Waals surface area contributed by atoms with Crippen LogP contribution in [-0.2, 0) is 6.42 Å². The van der Waals surface area contributed by atoms with Crippen molar-refractivity contribution in [3.05, 3.63) is 65.6 Å². The van der Waals surface area contributed by atoms with Gasteiger partial charge < -0.3 is 5.32 Å². The van der Waals surface area contributed by atoms with Crippen LogP contribution in [0, 0.1) is 5.95 Å². The van der Waals surface area contributed by atoms with Crippen LogP contribution in [-0.4, -0.2) is 36.8 Å². The summed E-state index contributed by atoms with van der Waals surface area (Å²) in [5.74, 6) is -0.650. The van der Waals surface area contributed by atoms with Gasteiger partial charge in [0.1, 0.15) is 5.65 Å². The Morgan fingerprint density at radius 2 is 2.04 bits per heavy atom. The average Bonchev–Trinajstić information content (AvgIpc) is 3.28. The molecule has 0 saturated carbocycles. The number of carbonyl (C=O) groups excluding carboxylic acids is 1. The van der Waals surface area contributed by atoms with Crippen LogP contribution in [0.5, 0.6) is 0 Å². The molecule has 9 heteroatoms. The van der Waals surface area contributed by atoms with Crippen LogP contribution in [0.4, 0.5) is 4.39 Å². The first-order valence-corrected chi connectivity index (χ1v) is 8.73. The van der Waals surface area contributed by atoms with Gasteiger partial charge in [0, 0.05) is 36.9 Å². The molecule has 0 saturated heterocycles. The number of hydrogen-bond acceptors (Lipinski definition) is 6. The monoisotopic (exact) mass is 368 g/mol. The summed E-state index contributed by atoms with van der Waals surface area (Å²) in [7, 11) is 0. The van der Waals surface area contributed by atoms with Crippen molar-refractivity contribution in [2.45, 2.75) is 6.42 Å². The normalized spacial score (nSPS) is 11.0. The van der Waals surface area contributed by atoms with Gasteiger partial charge in [-0.1, -0.05) is 6.07 Å². The topological polar surface area (TPSA) is 85.1 Å². The predicted octanol–water partition coefficient (Wildman–Crippen LogP) is 2.36. The van der Waals surface area contributed by atoms with E-state index in [1.165, 1.54) is 21.9 Å². The van der Waals surface area contributed by atoms with Gasteiger partial charge in [-0.25, -0.2) is 19.9 Å². The molecule has 0 atom stereocenters. The lowest BCUT2D eigenvalue weighted by Crippen LogP contribution is -2.27. The molecule has 1 N–H and O–H groups in total. The van der Waals surface area contributed by atoms with Crippen LogP contribution in [0.3, 0.4) is 0 Å². The molecular formula is C17H13FN6OS. The van der Waals surface area contributed by atoms with Crippen LogP contribution < -0.4 is 5.32 Å². The zero-order chi connectivity index (χ0) is 17.9. The predicted molar refractivity (Wildman–Crippen MR) is 94.3 cm³/mol. The molecule has 0 aromatic carbocycles. The van der Waals surface area contributed by atoms with E-state index in [0.29, 0.717) is 24.4 Å². The molecule has 4 rings (SSSR count). The van der Waals surface area contributed by atoms with Crippen molar-refractivity contribution in [2.75, 3.05) is 6.54 Å². The first kappa shape index (κ1) is 16.3. The summed E-state index contributed by atoms with van der Waals surface area (Å²) in [5, 5.41) is 5.29. The molecule has 0 aliphatic carbocycles. The van der Waals surface area contributed by atoms with Gasteiger partial charge >= 0.3 is 0 Å². The summed E-state index contributed by atoms with van der Waals surface area (Å²) >= 11 is 1.44. The molecule has 4 heterocycles. The lowest BCUT2D eigenvalue weighted by atomic mass is 10.3. The molecule has 0 aliphatic heterocycles. The van der Waals surface area contributed by atoms with E-state index in [1.807, 2.05) is 5.38 Å². The van der Waals surface area contributed by atoms with Gasteiger partial charge in [0.25, 0.3) is 5.91 Å². The number of fused-ring (bicyclic) bond motifs is 1. The number of pyridine rings is 1. The second-order valence-corrected chi connectivity index (χ2v) is 6.26. The van der Waals surface area contributed by atoms with E-state index in [2.05, 4.69) is 25.3 Å². The van der Waals surface area contributed by atoms with Gasteiger partial charge in [-0.05, 0) is 18.2 Å².